The normalized spacial score (nSPS) is 18.5. The fraction of sp³-hybridized carbons (Fsp3) is 0.219. The van der Waals surface area contributed by atoms with Crippen LogP contribution in [0, 0.1) is 0 Å². The number of anilines is 1. The van der Waals surface area contributed by atoms with Crippen LogP contribution in [0.1, 0.15) is 38.4 Å². The van der Waals surface area contributed by atoms with E-state index in [1.165, 1.54) is 50.3 Å². The van der Waals surface area contributed by atoms with Crippen molar-refractivity contribution in [3.8, 4) is 0 Å². The van der Waals surface area contributed by atoms with Gasteiger partial charge >= 0.3 is 0 Å². The lowest BCUT2D eigenvalue weighted by molar-refractivity contribution is -0.669. The first-order valence-corrected chi connectivity index (χ1v) is 12.3. The van der Waals surface area contributed by atoms with Crippen LogP contribution in [-0.2, 0) is 13.0 Å². The Bertz CT molecular complexity index is 1410. The topological polar surface area (TPSA) is 7.12 Å². The molecular weight excluding hydrogens is 412 g/mol. The number of benzene rings is 2. The molecule has 2 aromatic carbocycles. The minimum Gasteiger partial charge on any atom is -0.345 e. The van der Waals surface area contributed by atoms with Gasteiger partial charge in [-0.25, -0.2) is 0 Å². The largest absolute Gasteiger partial charge is 0.345 e. The van der Waals surface area contributed by atoms with Crippen LogP contribution >= 0.6 is 0 Å². The number of pyridine rings is 1. The van der Waals surface area contributed by atoms with E-state index in [1.54, 1.807) is 0 Å². The van der Waals surface area contributed by atoms with Crippen molar-refractivity contribution in [1.29, 1.82) is 0 Å². The molecule has 3 aromatic rings. The predicted molar refractivity (Wildman–Crippen MR) is 145 cm³/mol. The van der Waals surface area contributed by atoms with E-state index in [0.717, 1.165) is 37.1 Å². The quantitative estimate of drug-likeness (QED) is 0.381. The molecule has 0 saturated heterocycles. The van der Waals surface area contributed by atoms with Crippen molar-refractivity contribution in [1.82, 2.24) is 0 Å². The Morgan fingerprint density at radius 3 is 2.44 bits per heavy atom. The Labute approximate surface area is 203 Å². The van der Waals surface area contributed by atoms with E-state index < -0.39 is 0 Å². The number of nitrogens with zero attached hydrogens (tertiary/aromatic N) is 2. The number of hydrogen-bond donors (Lipinski definition) is 0. The van der Waals surface area contributed by atoms with Gasteiger partial charge in [-0.2, -0.15) is 4.57 Å². The first-order chi connectivity index (χ1) is 16.5. The molecule has 0 fully saturated rings. The molecule has 2 nitrogen and oxygen atoms in total. The van der Waals surface area contributed by atoms with Crippen LogP contribution < -0.4 is 9.47 Å². The molecule has 2 heteroatoms. The number of rotatable bonds is 4. The van der Waals surface area contributed by atoms with Crippen molar-refractivity contribution >= 4 is 22.7 Å². The fourth-order valence-electron chi connectivity index (χ4n) is 5.45. The average Bonchev–Trinajstić information content (AvgIpc) is 3.06. The standard InChI is InChI=1S/C32H33N2/c1-6-33-27(18-16-25-12-8-10-14-31(25)33)20-29-22(3)23(4)30(24(29)5)21-28-19-17-26-13-9-11-15-32(26)34(28)7-2/h8-16,18,20-21H,3-4,6-7,17,19H2,1-2,5H3/q+1. The molecular formula is C32H33N2+. The summed E-state index contributed by atoms with van der Waals surface area (Å²) in [7, 11) is 0. The maximum absolute atomic E-state index is 4.44. The molecule has 0 amide bonds. The molecule has 0 N–H and O–H groups in total. The van der Waals surface area contributed by atoms with Crippen molar-refractivity contribution in [3.05, 3.63) is 125 Å². The molecule has 0 atom stereocenters. The minimum absolute atomic E-state index is 0.915. The van der Waals surface area contributed by atoms with Crippen molar-refractivity contribution in [2.75, 3.05) is 11.4 Å². The highest BCUT2D eigenvalue weighted by Gasteiger charge is 2.27. The first kappa shape index (κ1) is 22.2. The van der Waals surface area contributed by atoms with Gasteiger partial charge in [-0.3, -0.25) is 0 Å². The summed E-state index contributed by atoms with van der Waals surface area (Å²) in [6.45, 7) is 17.4. The Morgan fingerprint density at radius 2 is 1.65 bits per heavy atom. The minimum atomic E-state index is 0.915. The predicted octanol–water partition coefficient (Wildman–Crippen LogP) is 7.33. The van der Waals surface area contributed by atoms with Gasteiger partial charge in [0.15, 0.2) is 0 Å². The van der Waals surface area contributed by atoms with E-state index >= 15 is 0 Å². The van der Waals surface area contributed by atoms with Gasteiger partial charge in [-0.1, -0.05) is 43.5 Å². The lowest BCUT2D eigenvalue weighted by Gasteiger charge is -2.33. The fourth-order valence-corrected chi connectivity index (χ4v) is 5.45. The van der Waals surface area contributed by atoms with Crippen molar-refractivity contribution in [2.45, 2.75) is 40.2 Å². The zero-order valence-corrected chi connectivity index (χ0v) is 20.6. The van der Waals surface area contributed by atoms with E-state index in [-0.39, 0.29) is 0 Å². The highest BCUT2D eigenvalue weighted by molar-refractivity contribution is 5.80. The molecule has 1 aliphatic carbocycles. The van der Waals surface area contributed by atoms with Gasteiger partial charge < -0.3 is 4.90 Å². The zero-order valence-electron chi connectivity index (χ0n) is 20.6. The van der Waals surface area contributed by atoms with E-state index in [9.17, 15) is 0 Å². The monoisotopic (exact) mass is 445 g/mol. The number of allylic oxidation sites excluding steroid dienone is 7. The molecule has 5 rings (SSSR count). The molecule has 1 aromatic heterocycles. The third-order valence-electron chi connectivity index (χ3n) is 7.31. The molecule has 2 heterocycles. The SMILES string of the molecule is C=C1C(=C)/C(=C/c2ccc3ccccc3[n+]2CC)C(C)=C1/C=C1\CCc2ccccc2N1CC. The van der Waals surface area contributed by atoms with Gasteiger partial charge in [0.05, 0.1) is 0 Å². The summed E-state index contributed by atoms with van der Waals surface area (Å²) < 4.78 is 2.37. The van der Waals surface area contributed by atoms with Gasteiger partial charge in [-0.05, 0) is 91.3 Å². The van der Waals surface area contributed by atoms with Crippen LogP contribution in [0.5, 0.6) is 0 Å². The van der Waals surface area contributed by atoms with Gasteiger partial charge in [0.1, 0.15) is 6.54 Å². The smallest absolute Gasteiger partial charge is 0.212 e. The third-order valence-corrected chi connectivity index (χ3v) is 7.31. The summed E-state index contributed by atoms with van der Waals surface area (Å²) in [5.74, 6) is 0. The van der Waals surface area contributed by atoms with E-state index in [0.29, 0.717) is 0 Å². The maximum atomic E-state index is 4.44. The van der Waals surface area contributed by atoms with Crippen LogP contribution in [0.15, 0.2) is 113 Å². The summed E-state index contributed by atoms with van der Waals surface area (Å²) in [5.41, 5.74) is 12.3. The summed E-state index contributed by atoms with van der Waals surface area (Å²) >= 11 is 0. The molecule has 0 radical (unpaired) electrons. The van der Waals surface area contributed by atoms with Crippen molar-refractivity contribution < 1.29 is 4.57 Å². The highest BCUT2D eigenvalue weighted by Crippen LogP contribution is 2.42. The number of aromatic nitrogens is 1. The molecule has 34 heavy (non-hydrogen) atoms. The van der Waals surface area contributed by atoms with Crippen molar-refractivity contribution in [2.24, 2.45) is 0 Å². The van der Waals surface area contributed by atoms with Crippen LogP contribution in [0.3, 0.4) is 0 Å². The van der Waals surface area contributed by atoms with Gasteiger partial charge in [0, 0.05) is 41.5 Å². The second-order valence-electron chi connectivity index (χ2n) is 9.12. The van der Waals surface area contributed by atoms with E-state index in [2.05, 4.69) is 116 Å². The number of para-hydroxylation sites is 2. The molecule has 170 valence electrons. The van der Waals surface area contributed by atoms with Crippen LogP contribution in [0.25, 0.3) is 17.0 Å². The van der Waals surface area contributed by atoms with E-state index in [1.807, 2.05) is 0 Å². The van der Waals surface area contributed by atoms with Gasteiger partial charge in [0.2, 0.25) is 11.2 Å². The zero-order chi connectivity index (χ0) is 23.8. The Balaban J connectivity index is 1.59. The summed E-state index contributed by atoms with van der Waals surface area (Å²) in [5, 5.41) is 1.26. The van der Waals surface area contributed by atoms with Crippen LogP contribution in [0.2, 0.25) is 0 Å². The Morgan fingerprint density at radius 1 is 0.882 bits per heavy atom. The highest BCUT2D eigenvalue weighted by atomic mass is 15.1. The molecule has 1 aliphatic heterocycles. The lowest BCUT2D eigenvalue weighted by atomic mass is 9.96. The number of aryl methyl sites for hydroxylation is 2. The second-order valence-corrected chi connectivity index (χ2v) is 9.12. The second kappa shape index (κ2) is 8.95. The molecule has 2 aliphatic rings. The van der Waals surface area contributed by atoms with Crippen LogP contribution in [0.4, 0.5) is 5.69 Å². The van der Waals surface area contributed by atoms with Crippen LogP contribution in [-0.4, -0.2) is 6.54 Å². The molecule has 0 bridgehead atoms. The van der Waals surface area contributed by atoms with E-state index in [4.69, 9.17) is 0 Å². The van der Waals surface area contributed by atoms with Gasteiger partial charge in [0.25, 0.3) is 0 Å². The lowest BCUT2D eigenvalue weighted by Crippen LogP contribution is -2.36. The summed E-state index contributed by atoms with van der Waals surface area (Å²) in [6, 6.07) is 21.8. The third kappa shape index (κ3) is 3.64. The summed E-state index contributed by atoms with van der Waals surface area (Å²) in [6.07, 6.45) is 6.77. The molecule has 0 spiro atoms. The summed E-state index contributed by atoms with van der Waals surface area (Å²) in [4.78, 5) is 2.45. The van der Waals surface area contributed by atoms with Gasteiger partial charge in [-0.15, -0.1) is 0 Å². The van der Waals surface area contributed by atoms with Crippen molar-refractivity contribution in [3.63, 3.8) is 0 Å². The molecule has 0 unspecified atom stereocenters. The number of fused-ring (bicyclic) bond motifs is 2. The maximum Gasteiger partial charge on any atom is 0.212 e. The Hall–Kier alpha value is -3.65. The first-order valence-electron chi connectivity index (χ1n) is 12.3. The molecule has 0 saturated carbocycles. The number of hydrogen-bond acceptors (Lipinski definition) is 1. The Kier molecular flexibility index (Phi) is 5.83. The average molecular weight is 446 g/mol.